The maximum atomic E-state index is 15.9. The lowest BCUT2D eigenvalue weighted by atomic mass is 9.98. The van der Waals surface area contributed by atoms with Crippen LogP contribution in [0, 0.1) is 24.6 Å². The zero-order valence-electron chi connectivity index (χ0n) is 28.5. The zero-order chi connectivity index (χ0) is 35.3. The van der Waals surface area contributed by atoms with Gasteiger partial charge in [-0.3, -0.25) is 14.5 Å². The van der Waals surface area contributed by atoms with Crippen molar-refractivity contribution >= 4 is 52.0 Å². The van der Waals surface area contributed by atoms with Gasteiger partial charge in [0.1, 0.15) is 22.8 Å². The second-order valence-electron chi connectivity index (χ2n) is 14.0. The molecule has 1 unspecified atom stereocenters. The van der Waals surface area contributed by atoms with Crippen molar-refractivity contribution in [1.82, 2.24) is 19.7 Å². The van der Waals surface area contributed by atoms with E-state index in [1.165, 1.54) is 18.6 Å². The minimum Gasteiger partial charge on any atom is -0.443 e. The third-order valence-corrected chi connectivity index (χ3v) is 8.45. The summed E-state index contributed by atoms with van der Waals surface area (Å²) < 4.78 is 28.7. The van der Waals surface area contributed by atoms with Gasteiger partial charge in [-0.25, -0.2) is 19.0 Å². The number of carbonyl (C=O) groups excluding carboxylic acids is 3. The Morgan fingerprint density at radius 2 is 1.65 bits per heavy atom. The van der Waals surface area contributed by atoms with Crippen LogP contribution in [0.1, 0.15) is 71.9 Å². The number of nitrogens with one attached hydrogen (secondary N) is 1. The third-order valence-electron chi connectivity index (χ3n) is 8.08. The molecule has 5 rings (SSSR count). The number of pyridine rings is 2. The molecule has 1 fully saturated rings. The van der Waals surface area contributed by atoms with Crippen molar-refractivity contribution in [1.29, 1.82) is 0 Å². The molecule has 0 radical (unpaired) electrons. The van der Waals surface area contributed by atoms with Crippen molar-refractivity contribution in [2.45, 2.75) is 78.9 Å². The van der Waals surface area contributed by atoms with E-state index in [9.17, 15) is 14.4 Å². The summed E-state index contributed by atoms with van der Waals surface area (Å²) in [5.74, 6) is -0.575. The van der Waals surface area contributed by atoms with Gasteiger partial charge in [-0.05, 0) is 83.0 Å². The van der Waals surface area contributed by atoms with Crippen molar-refractivity contribution < 1.29 is 28.2 Å². The zero-order valence-corrected chi connectivity index (χ0v) is 29.3. The van der Waals surface area contributed by atoms with Gasteiger partial charge in [-0.1, -0.05) is 24.9 Å². The lowest BCUT2D eigenvalue weighted by Crippen LogP contribution is -2.44. The summed E-state index contributed by atoms with van der Waals surface area (Å²) in [5.41, 5.74) is -0.0897. The number of hydrogen-bond acceptors (Lipinski definition) is 8. The van der Waals surface area contributed by atoms with Crippen LogP contribution in [-0.4, -0.2) is 49.0 Å². The molecule has 0 saturated heterocycles. The second-order valence-corrected chi connectivity index (χ2v) is 14.4. The number of benzene rings is 1. The van der Waals surface area contributed by atoms with Crippen LogP contribution in [0.5, 0.6) is 0 Å². The first-order chi connectivity index (χ1) is 22.4. The molecule has 13 heteroatoms. The van der Waals surface area contributed by atoms with Crippen LogP contribution < -0.4 is 10.2 Å². The molecule has 0 spiro atoms. The standard InChI is InChI=1S/C35H40ClFN6O5/c1-10-21-27(20-13-40-42(9)17-20)28(21)31(44)41-26-12-19-11-22(30(37)29(36)24(19)15-39-26)23-14-38-16-25(18(23)2)43(32(45)47-34(3,4)5)33(46)48-35(6,7)8/h11-17,21,27-28H,10H2,1-9H3,(H,39,41,44)/t21?,27-,28-/m0/s1. The molecule has 1 aliphatic rings. The Balaban J connectivity index is 1.51. The van der Waals surface area contributed by atoms with Crippen molar-refractivity contribution in [3.63, 3.8) is 0 Å². The summed E-state index contributed by atoms with van der Waals surface area (Å²) in [4.78, 5) is 49.4. The summed E-state index contributed by atoms with van der Waals surface area (Å²) in [6, 6.07) is 3.20. The summed E-state index contributed by atoms with van der Waals surface area (Å²) >= 11 is 6.54. The maximum Gasteiger partial charge on any atom is 0.424 e. The number of hydrogen-bond donors (Lipinski definition) is 1. The lowest BCUT2D eigenvalue weighted by molar-refractivity contribution is -0.117. The summed E-state index contributed by atoms with van der Waals surface area (Å²) in [6.07, 6.45) is 6.75. The first kappa shape index (κ1) is 34.7. The molecule has 11 nitrogen and oxygen atoms in total. The molecule has 3 amide bonds. The van der Waals surface area contributed by atoms with Gasteiger partial charge in [0.15, 0.2) is 0 Å². The Labute approximate surface area is 283 Å². The predicted octanol–water partition coefficient (Wildman–Crippen LogP) is 8.19. The van der Waals surface area contributed by atoms with E-state index >= 15 is 4.39 Å². The Bertz CT molecular complexity index is 1890. The topological polar surface area (TPSA) is 129 Å². The van der Waals surface area contributed by atoms with Gasteiger partial charge in [-0.15, -0.1) is 0 Å². The highest BCUT2D eigenvalue weighted by Crippen LogP contribution is 2.56. The van der Waals surface area contributed by atoms with Crippen molar-refractivity contribution in [2.75, 3.05) is 10.2 Å². The van der Waals surface area contributed by atoms with Gasteiger partial charge >= 0.3 is 12.2 Å². The van der Waals surface area contributed by atoms with Gasteiger partial charge < -0.3 is 14.8 Å². The molecule has 1 aromatic carbocycles. The first-order valence-electron chi connectivity index (χ1n) is 15.7. The van der Waals surface area contributed by atoms with Gasteiger partial charge in [0.25, 0.3) is 0 Å². The molecule has 1 N–H and O–H groups in total. The summed E-state index contributed by atoms with van der Waals surface area (Å²) in [6.45, 7) is 13.7. The molecule has 3 aromatic heterocycles. The number of aryl methyl sites for hydroxylation is 1. The highest BCUT2D eigenvalue weighted by atomic mass is 35.5. The molecule has 3 heterocycles. The van der Waals surface area contributed by atoms with E-state index in [0.29, 0.717) is 16.3 Å². The van der Waals surface area contributed by atoms with Crippen LogP contribution in [0.15, 0.2) is 43.1 Å². The Morgan fingerprint density at radius 3 is 2.21 bits per heavy atom. The van der Waals surface area contributed by atoms with Crippen LogP contribution in [-0.2, 0) is 21.3 Å². The lowest BCUT2D eigenvalue weighted by Gasteiger charge is -2.29. The van der Waals surface area contributed by atoms with Crippen LogP contribution in [0.2, 0.25) is 5.02 Å². The Hall–Kier alpha value is -4.58. The van der Waals surface area contributed by atoms with E-state index in [1.807, 2.05) is 13.2 Å². The van der Waals surface area contributed by atoms with Crippen molar-refractivity contribution in [3.8, 4) is 11.1 Å². The van der Waals surface area contributed by atoms with Crippen LogP contribution in [0.3, 0.4) is 0 Å². The normalized spacial score (nSPS) is 17.6. The van der Waals surface area contributed by atoms with Crippen molar-refractivity contribution in [2.24, 2.45) is 18.9 Å². The van der Waals surface area contributed by atoms with Gasteiger partial charge in [0.05, 0.1) is 23.1 Å². The van der Waals surface area contributed by atoms with E-state index in [1.54, 1.807) is 71.5 Å². The molecular formula is C35H40ClFN6O5. The number of imide groups is 1. The van der Waals surface area contributed by atoms with Gasteiger partial charge in [0, 0.05) is 54.0 Å². The highest BCUT2D eigenvalue weighted by Gasteiger charge is 2.54. The number of aromatic nitrogens is 4. The molecular weight excluding hydrogens is 639 g/mol. The number of halogens is 2. The third kappa shape index (κ3) is 7.13. The average Bonchev–Trinajstić information content (AvgIpc) is 3.56. The molecule has 0 bridgehead atoms. The monoisotopic (exact) mass is 678 g/mol. The predicted molar refractivity (Wildman–Crippen MR) is 181 cm³/mol. The first-order valence-corrected chi connectivity index (χ1v) is 16.1. The maximum absolute atomic E-state index is 15.9. The van der Waals surface area contributed by atoms with Crippen molar-refractivity contribution in [3.05, 3.63) is 65.1 Å². The molecule has 254 valence electrons. The van der Waals surface area contributed by atoms with E-state index in [-0.39, 0.29) is 51.3 Å². The second kappa shape index (κ2) is 12.8. The number of rotatable bonds is 6. The molecule has 48 heavy (non-hydrogen) atoms. The Morgan fingerprint density at radius 1 is 1.00 bits per heavy atom. The SMILES string of the molecule is CCC1[C@H](C(=O)Nc2cc3cc(-c4cncc(N(C(=O)OC(C)(C)C)C(=O)OC(C)(C)C)c4C)c(F)c(Cl)c3cn2)[C@H]1c1cnn(C)c1. The molecule has 4 aromatic rings. The van der Waals surface area contributed by atoms with Gasteiger partial charge in [-0.2, -0.15) is 10.00 Å². The molecule has 3 atom stereocenters. The fourth-order valence-corrected chi connectivity index (χ4v) is 6.17. The number of ether oxygens (including phenoxy) is 2. The summed E-state index contributed by atoms with van der Waals surface area (Å²) in [5, 5.41) is 7.84. The smallest absolute Gasteiger partial charge is 0.424 e. The number of fused-ring (bicyclic) bond motifs is 1. The molecule has 1 aliphatic carbocycles. The van der Waals surface area contributed by atoms with Crippen LogP contribution in [0.25, 0.3) is 21.9 Å². The fraction of sp³-hybridized carbons (Fsp3) is 0.429. The Kier molecular flexibility index (Phi) is 9.26. The number of anilines is 2. The average molecular weight is 679 g/mol. The van der Waals surface area contributed by atoms with Gasteiger partial charge in [0.2, 0.25) is 5.91 Å². The molecule has 0 aliphatic heterocycles. The summed E-state index contributed by atoms with van der Waals surface area (Å²) in [7, 11) is 1.84. The fourth-order valence-electron chi connectivity index (χ4n) is 5.91. The number of amides is 3. The van der Waals surface area contributed by atoms with Crippen LogP contribution >= 0.6 is 11.6 Å². The molecule has 1 saturated carbocycles. The largest absolute Gasteiger partial charge is 0.443 e. The van der Waals surface area contributed by atoms with E-state index in [2.05, 4.69) is 27.3 Å². The number of carbonyl (C=O) groups is 3. The highest BCUT2D eigenvalue weighted by molar-refractivity contribution is 6.36. The van der Waals surface area contributed by atoms with E-state index in [0.717, 1.165) is 16.9 Å². The van der Waals surface area contributed by atoms with Crippen LogP contribution in [0.4, 0.5) is 25.5 Å². The number of nitrogens with zero attached hydrogens (tertiary/aromatic N) is 5. The van der Waals surface area contributed by atoms with E-state index < -0.39 is 29.2 Å². The minimum atomic E-state index is -0.978. The minimum absolute atomic E-state index is 0.0485. The quantitative estimate of drug-likeness (QED) is 0.216. The van der Waals surface area contributed by atoms with E-state index in [4.69, 9.17) is 21.1 Å².